The second-order valence-corrected chi connectivity index (χ2v) is 5.54. The minimum Gasteiger partial charge on any atom is -0.378 e. The Bertz CT molecular complexity index is 359. The summed E-state index contributed by atoms with van der Waals surface area (Å²) in [5.41, 5.74) is 6.03. The van der Waals surface area contributed by atoms with Crippen molar-refractivity contribution in [2.75, 3.05) is 6.61 Å². The zero-order valence-electron chi connectivity index (χ0n) is 11.3. The monoisotopic (exact) mass is 253 g/mol. The van der Waals surface area contributed by atoms with Gasteiger partial charge in [-0.1, -0.05) is 19.0 Å². The lowest BCUT2D eigenvalue weighted by molar-refractivity contribution is 0.109. The van der Waals surface area contributed by atoms with Crippen molar-refractivity contribution < 1.29 is 9.26 Å². The van der Waals surface area contributed by atoms with E-state index in [9.17, 15) is 0 Å². The smallest absolute Gasteiger partial charge is 0.228 e. The van der Waals surface area contributed by atoms with Crippen LogP contribution < -0.4 is 5.73 Å². The first-order chi connectivity index (χ1) is 8.63. The SMILES string of the molecule is CC(C)CC(N)Cc1nc(CC2CCCO2)no1. The van der Waals surface area contributed by atoms with E-state index in [2.05, 4.69) is 24.0 Å². The Balaban J connectivity index is 1.81. The van der Waals surface area contributed by atoms with E-state index in [1.165, 1.54) is 0 Å². The zero-order chi connectivity index (χ0) is 13.0. The maximum absolute atomic E-state index is 6.03. The number of aromatic nitrogens is 2. The fourth-order valence-electron chi connectivity index (χ4n) is 2.38. The van der Waals surface area contributed by atoms with Gasteiger partial charge in [0.05, 0.1) is 6.10 Å². The summed E-state index contributed by atoms with van der Waals surface area (Å²) in [4.78, 5) is 4.38. The summed E-state index contributed by atoms with van der Waals surface area (Å²) in [6, 6.07) is 0.0982. The second-order valence-electron chi connectivity index (χ2n) is 5.54. The van der Waals surface area contributed by atoms with Crippen molar-refractivity contribution in [1.82, 2.24) is 10.1 Å². The lowest BCUT2D eigenvalue weighted by Gasteiger charge is -2.10. The maximum Gasteiger partial charge on any atom is 0.228 e. The Kier molecular flexibility index (Phi) is 4.72. The molecule has 5 heteroatoms. The van der Waals surface area contributed by atoms with Crippen molar-refractivity contribution in [3.05, 3.63) is 11.7 Å². The summed E-state index contributed by atoms with van der Waals surface area (Å²) in [7, 11) is 0. The molecule has 2 atom stereocenters. The fourth-order valence-corrected chi connectivity index (χ4v) is 2.38. The average molecular weight is 253 g/mol. The van der Waals surface area contributed by atoms with Crippen LogP contribution in [0.25, 0.3) is 0 Å². The molecule has 1 aromatic rings. The molecule has 0 amide bonds. The molecule has 0 aliphatic carbocycles. The van der Waals surface area contributed by atoms with E-state index in [1.54, 1.807) is 0 Å². The van der Waals surface area contributed by atoms with Crippen molar-refractivity contribution in [2.24, 2.45) is 11.7 Å². The molecule has 2 heterocycles. The van der Waals surface area contributed by atoms with E-state index in [-0.39, 0.29) is 12.1 Å². The molecule has 1 aromatic heterocycles. The van der Waals surface area contributed by atoms with Crippen molar-refractivity contribution >= 4 is 0 Å². The van der Waals surface area contributed by atoms with Gasteiger partial charge in [-0.15, -0.1) is 0 Å². The van der Waals surface area contributed by atoms with Crippen LogP contribution in [0.4, 0.5) is 0 Å². The van der Waals surface area contributed by atoms with Crippen LogP contribution in [0.5, 0.6) is 0 Å². The van der Waals surface area contributed by atoms with Crippen LogP contribution >= 0.6 is 0 Å². The van der Waals surface area contributed by atoms with Gasteiger partial charge in [0.25, 0.3) is 0 Å². The zero-order valence-corrected chi connectivity index (χ0v) is 11.3. The largest absolute Gasteiger partial charge is 0.378 e. The van der Waals surface area contributed by atoms with Crippen LogP contribution in [0.1, 0.15) is 44.8 Å². The Morgan fingerprint density at radius 3 is 2.94 bits per heavy atom. The summed E-state index contributed by atoms with van der Waals surface area (Å²) in [6.45, 7) is 5.18. The predicted molar refractivity (Wildman–Crippen MR) is 68.1 cm³/mol. The topological polar surface area (TPSA) is 74.2 Å². The van der Waals surface area contributed by atoms with Gasteiger partial charge in [-0.05, 0) is 25.2 Å². The molecular formula is C13H23N3O2. The molecule has 1 aliphatic heterocycles. The molecule has 0 spiro atoms. The van der Waals surface area contributed by atoms with E-state index in [0.29, 0.717) is 18.2 Å². The average Bonchev–Trinajstić information content (AvgIpc) is 2.89. The Morgan fingerprint density at radius 1 is 1.44 bits per heavy atom. The Labute approximate surface area is 108 Å². The molecule has 102 valence electrons. The molecule has 0 saturated carbocycles. The number of rotatable bonds is 6. The quantitative estimate of drug-likeness (QED) is 0.835. The molecule has 5 nitrogen and oxygen atoms in total. The van der Waals surface area contributed by atoms with Crippen molar-refractivity contribution in [2.45, 2.75) is 58.1 Å². The second kappa shape index (κ2) is 6.29. The van der Waals surface area contributed by atoms with E-state index < -0.39 is 0 Å². The van der Waals surface area contributed by atoms with Gasteiger partial charge in [-0.2, -0.15) is 4.98 Å². The third-order valence-corrected chi connectivity index (χ3v) is 3.16. The van der Waals surface area contributed by atoms with Crippen LogP contribution in [0.15, 0.2) is 4.52 Å². The third kappa shape index (κ3) is 4.07. The minimum absolute atomic E-state index is 0.0982. The molecule has 2 rings (SSSR count). The van der Waals surface area contributed by atoms with Crippen LogP contribution in [0, 0.1) is 5.92 Å². The van der Waals surface area contributed by atoms with Crippen LogP contribution in [-0.4, -0.2) is 28.9 Å². The molecule has 1 saturated heterocycles. The molecule has 1 fully saturated rings. The lowest BCUT2D eigenvalue weighted by Crippen LogP contribution is -2.24. The molecule has 0 aromatic carbocycles. The molecule has 2 unspecified atom stereocenters. The van der Waals surface area contributed by atoms with E-state index in [4.69, 9.17) is 15.0 Å². The van der Waals surface area contributed by atoms with E-state index in [0.717, 1.165) is 38.1 Å². The van der Waals surface area contributed by atoms with Gasteiger partial charge in [-0.25, -0.2) is 0 Å². The third-order valence-electron chi connectivity index (χ3n) is 3.16. The summed E-state index contributed by atoms with van der Waals surface area (Å²) in [6.07, 6.45) is 4.88. The first-order valence-corrected chi connectivity index (χ1v) is 6.82. The van der Waals surface area contributed by atoms with Gasteiger partial charge in [0.2, 0.25) is 5.89 Å². The first kappa shape index (κ1) is 13.5. The summed E-state index contributed by atoms with van der Waals surface area (Å²) < 4.78 is 10.8. The van der Waals surface area contributed by atoms with E-state index in [1.807, 2.05) is 0 Å². The minimum atomic E-state index is 0.0982. The van der Waals surface area contributed by atoms with Gasteiger partial charge >= 0.3 is 0 Å². The predicted octanol–water partition coefficient (Wildman–Crippen LogP) is 1.71. The summed E-state index contributed by atoms with van der Waals surface area (Å²) in [5.74, 6) is 1.99. The van der Waals surface area contributed by atoms with Crippen LogP contribution in [0.2, 0.25) is 0 Å². The highest BCUT2D eigenvalue weighted by molar-refractivity contribution is 4.91. The number of ether oxygens (including phenoxy) is 1. The number of hydrogen-bond donors (Lipinski definition) is 1. The van der Waals surface area contributed by atoms with E-state index >= 15 is 0 Å². The highest BCUT2D eigenvalue weighted by Gasteiger charge is 2.19. The molecule has 18 heavy (non-hydrogen) atoms. The van der Waals surface area contributed by atoms with Crippen molar-refractivity contribution in [3.63, 3.8) is 0 Å². The molecule has 0 radical (unpaired) electrons. The van der Waals surface area contributed by atoms with Crippen LogP contribution in [0.3, 0.4) is 0 Å². The molecule has 2 N–H and O–H groups in total. The first-order valence-electron chi connectivity index (χ1n) is 6.82. The van der Waals surface area contributed by atoms with Crippen LogP contribution in [-0.2, 0) is 17.6 Å². The summed E-state index contributed by atoms with van der Waals surface area (Å²) >= 11 is 0. The Hall–Kier alpha value is -0.940. The Morgan fingerprint density at radius 2 is 2.28 bits per heavy atom. The molecule has 0 bridgehead atoms. The van der Waals surface area contributed by atoms with Gasteiger partial charge in [0.15, 0.2) is 5.82 Å². The van der Waals surface area contributed by atoms with Gasteiger partial charge in [-0.3, -0.25) is 0 Å². The van der Waals surface area contributed by atoms with Gasteiger partial charge in [0, 0.05) is 25.5 Å². The number of nitrogens with two attached hydrogens (primary N) is 1. The standard InChI is InChI=1S/C13H23N3O2/c1-9(2)6-10(14)7-13-15-12(16-18-13)8-11-4-3-5-17-11/h9-11H,3-8,14H2,1-2H3. The maximum atomic E-state index is 6.03. The van der Waals surface area contributed by atoms with Gasteiger partial charge < -0.3 is 15.0 Å². The lowest BCUT2D eigenvalue weighted by atomic mass is 10.0. The van der Waals surface area contributed by atoms with Crippen molar-refractivity contribution in [3.8, 4) is 0 Å². The normalized spacial score (nSPS) is 21.7. The fraction of sp³-hybridized carbons (Fsp3) is 0.846. The number of nitrogens with zero attached hydrogens (tertiary/aromatic N) is 2. The van der Waals surface area contributed by atoms with Crippen molar-refractivity contribution in [1.29, 1.82) is 0 Å². The molecule has 1 aliphatic rings. The number of hydrogen-bond acceptors (Lipinski definition) is 5. The molecular weight excluding hydrogens is 230 g/mol. The summed E-state index contributed by atoms with van der Waals surface area (Å²) in [5, 5.41) is 3.99. The highest BCUT2D eigenvalue weighted by Crippen LogP contribution is 2.16. The van der Waals surface area contributed by atoms with Gasteiger partial charge in [0.1, 0.15) is 0 Å². The highest BCUT2D eigenvalue weighted by atomic mass is 16.5.